The lowest BCUT2D eigenvalue weighted by Crippen LogP contribution is -2.50. The van der Waals surface area contributed by atoms with Crippen LogP contribution in [0.25, 0.3) is 0 Å². The highest BCUT2D eigenvalue weighted by Gasteiger charge is 2.34. The van der Waals surface area contributed by atoms with E-state index in [9.17, 15) is 8.42 Å². The molecule has 0 N–H and O–H groups in total. The zero-order valence-corrected chi connectivity index (χ0v) is 17.9. The summed E-state index contributed by atoms with van der Waals surface area (Å²) in [5.74, 6) is 2.59. The number of ether oxygens (including phenoxy) is 2. The summed E-state index contributed by atoms with van der Waals surface area (Å²) in [7, 11) is -3.53. The van der Waals surface area contributed by atoms with Crippen molar-refractivity contribution in [2.24, 2.45) is 0 Å². The van der Waals surface area contributed by atoms with E-state index < -0.39 is 10.0 Å². The number of nitrogens with zero attached hydrogens (tertiary/aromatic N) is 2. The Labute approximate surface area is 167 Å². The Bertz CT molecular complexity index is 720. The first-order chi connectivity index (χ1) is 13.0. The van der Waals surface area contributed by atoms with Gasteiger partial charge in [-0.25, -0.2) is 8.42 Å². The van der Waals surface area contributed by atoms with E-state index in [1.165, 1.54) is 0 Å². The van der Waals surface area contributed by atoms with Gasteiger partial charge in [0.05, 0.1) is 24.7 Å². The van der Waals surface area contributed by atoms with Gasteiger partial charge in [-0.05, 0) is 49.8 Å². The number of sulfonamides is 1. The Morgan fingerprint density at radius 2 is 2.04 bits per heavy atom. The van der Waals surface area contributed by atoms with Crippen LogP contribution in [-0.2, 0) is 14.8 Å². The lowest BCUT2D eigenvalue weighted by molar-refractivity contribution is 0.0309. The molecule has 2 saturated heterocycles. The van der Waals surface area contributed by atoms with E-state index in [2.05, 4.69) is 4.90 Å². The second kappa shape index (κ2) is 9.60. The summed E-state index contributed by atoms with van der Waals surface area (Å²) in [5.41, 5.74) is 0.854. The Morgan fingerprint density at radius 3 is 2.74 bits per heavy atom. The highest BCUT2D eigenvalue weighted by Crippen LogP contribution is 2.28. The number of morpholine rings is 1. The Balaban J connectivity index is 1.83. The average Bonchev–Trinajstić information content (AvgIpc) is 2.90. The van der Waals surface area contributed by atoms with E-state index in [1.54, 1.807) is 22.5 Å². The summed E-state index contributed by atoms with van der Waals surface area (Å²) < 4.78 is 39.6. The van der Waals surface area contributed by atoms with Crippen molar-refractivity contribution in [2.75, 3.05) is 57.5 Å². The smallest absolute Gasteiger partial charge is 0.243 e. The molecule has 0 saturated carbocycles. The van der Waals surface area contributed by atoms with Crippen molar-refractivity contribution in [3.63, 3.8) is 0 Å². The minimum Gasteiger partial charge on any atom is -0.494 e. The third kappa shape index (κ3) is 5.17. The maximum Gasteiger partial charge on any atom is 0.243 e. The van der Waals surface area contributed by atoms with Crippen LogP contribution in [0.2, 0.25) is 0 Å². The van der Waals surface area contributed by atoms with Crippen molar-refractivity contribution < 1.29 is 17.9 Å². The summed E-state index contributed by atoms with van der Waals surface area (Å²) in [6, 6.07) is 5.18. The van der Waals surface area contributed by atoms with Crippen LogP contribution in [0, 0.1) is 6.92 Å². The Kier molecular flexibility index (Phi) is 7.44. The van der Waals surface area contributed by atoms with E-state index >= 15 is 0 Å². The molecule has 0 amide bonds. The third-order valence-electron chi connectivity index (χ3n) is 5.01. The SMILES string of the molecule is CCOc1ccc(S(=O)(=O)N2CCCSCC2CN2CCOCC2)cc1C. The van der Waals surface area contributed by atoms with Gasteiger partial charge >= 0.3 is 0 Å². The fourth-order valence-electron chi connectivity index (χ4n) is 3.58. The number of hydrogen-bond donors (Lipinski definition) is 0. The van der Waals surface area contributed by atoms with E-state index in [1.807, 2.05) is 25.6 Å². The maximum absolute atomic E-state index is 13.4. The molecular weight excluding hydrogens is 384 g/mol. The summed E-state index contributed by atoms with van der Waals surface area (Å²) in [4.78, 5) is 2.69. The van der Waals surface area contributed by atoms with Crippen LogP contribution in [0.1, 0.15) is 18.9 Å². The quantitative estimate of drug-likeness (QED) is 0.711. The molecule has 1 aromatic rings. The zero-order chi connectivity index (χ0) is 19.3. The number of thioether (sulfide) groups is 1. The van der Waals surface area contributed by atoms with Crippen LogP contribution < -0.4 is 4.74 Å². The highest BCUT2D eigenvalue weighted by molar-refractivity contribution is 7.99. The van der Waals surface area contributed by atoms with Gasteiger partial charge in [0, 0.05) is 38.0 Å². The predicted octanol–water partition coefficient (Wildman–Crippen LogP) is 2.22. The Morgan fingerprint density at radius 1 is 1.26 bits per heavy atom. The van der Waals surface area contributed by atoms with Crippen LogP contribution in [-0.4, -0.2) is 81.2 Å². The molecule has 152 valence electrons. The van der Waals surface area contributed by atoms with Crippen molar-refractivity contribution in [3.8, 4) is 5.75 Å². The van der Waals surface area contributed by atoms with Gasteiger partial charge in [-0.15, -0.1) is 0 Å². The molecule has 6 nitrogen and oxygen atoms in total. The van der Waals surface area contributed by atoms with Gasteiger partial charge in [-0.1, -0.05) is 0 Å². The molecule has 2 aliphatic rings. The minimum atomic E-state index is -3.53. The number of hydrogen-bond acceptors (Lipinski definition) is 6. The summed E-state index contributed by atoms with van der Waals surface area (Å²) in [5, 5.41) is 0. The van der Waals surface area contributed by atoms with Crippen molar-refractivity contribution in [1.29, 1.82) is 0 Å². The first kappa shape index (κ1) is 20.9. The molecular formula is C19H30N2O4S2. The molecule has 8 heteroatoms. The van der Waals surface area contributed by atoms with Crippen LogP contribution in [0.15, 0.2) is 23.1 Å². The van der Waals surface area contributed by atoms with E-state index in [0.717, 1.165) is 62.1 Å². The zero-order valence-electron chi connectivity index (χ0n) is 16.2. The third-order valence-corrected chi connectivity index (χ3v) is 8.16. The second-order valence-electron chi connectivity index (χ2n) is 6.97. The van der Waals surface area contributed by atoms with E-state index in [-0.39, 0.29) is 6.04 Å². The van der Waals surface area contributed by atoms with Crippen LogP contribution in [0.5, 0.6) is 5.75 Å². The second-order valence-corrected chi connectivity index (χ2v) is 10.0. The van der Waals surface area contributed by atoms with Crippen molar-refractivity contribution in [3.05, 3.63) is 23.8 Å². The largest absolute Gasteiger partial charge is 0.494 e. The van der Waals surface area contributed by atoms with Crippen LogP contribution in [0.4, 0.5) is 0 Å². The standard InChI is InChI=1S/C19H30N2O4S2/c1-3-25-19-6-5-18(13-16(19)2)27(22,23)21-7-4-12-26-15-17(21)14-20-8-10-24-11-9-20/h5-6,13,17H,3-4,7-12,14-15H2,1-2H3. The fraction of sp³-hybridized carbons (Fsp3) is 0.684. The van der Waals surface area contributed by atoms with Crippen molar-refractivity contribution in [2.45, 2.75) is 31.2 Å². The minimum absolute atomic E-state index is 0.00697. The first-order valence-electron chi connectivity index (χ1n) is 9.65. The van der Waals surface area contributed by atoms with Crippen molar-refractivity contribution >= 4 is 21.8 Å². The summed E-state index contributed by atoms with van der Waals surface area (Å²) in [6.45, 7) is 8.94. The molecule has 1 aromatic carbocycles. The molecule has 1 atom stereocenters. The van der Waals surface area contributed by atoms with Gasteiger partial charge in [0.25, 0.3) is 0 Å². The fourth-order valence-corrected chi connectivity index (χ4v) is 6.48. The van der Waals surface area contributed by atoms with Gasteiger partial charge in [0.15, 0.2) is 0 Å². The average molecular weight is 415 g/mol. The molecule has 0 bridgehead atoms. The molecule has 27 heavy (non-hydrogen) atoms. The van der Waals surface area contributed by atoms with Gasteiger partial charge in [-0.2, -0.15) is 16.1 Å². The molecule has 2 fully saturated rings. The van der Waals surface area contributed by atoms with Crippen molar-refractivity contribution in [1.82, 2.24) is 9.21 Å². The van der Waals surface area contributed by atoms with Gasteiger partial charge in [0.2, 0.25) is 10.0 Å². The molecule has 1 unspecified atom stereocenters. The van der Waals surface area contributed by atoms with Crippen LogP contribution >= 0.6 is 11.8 Å². The summed E-state index contributed by atoms with van der Waals surface area (Å²) >= 11 is 1.86. The lowest BCUT2D eigenvalue weighted by atomic mass is 10.2. The molecule has 3 rings (SSSR count). The van der Waals surface area contributed by atoms with Gasteiger partial charge in [0.1, 0.15) is 5.75 Å². The molecule has 0 spiro atoms. The maximum atomic E-state index is 13.4. The van der Waals surface area contributed by atoms with E-state index in [0.29, 0.717) is 18.0 Å². The molecule has 2 heterocycles. The number of rotatable bonds is 6. The number of aryl methyl sites for hydroxylation is 1. The highest BCUT2D eigenvalue weighted by atomic mass is 32.2. The monoisotopic (exact) mass is 414 g/mol. The van der Waals surface area contributed by atoms with Gasteiger partial charge in [-0.3, -0.25) is 4.90 Å². The van der Waals surface area contributed by atoms with E-state index in [4.69, 9.17) is 9.47 Å². The van der Waals surface area contributed by atoms with Crippen LogP contribution in [0.3, 0.4) is 0 Å². The number of benzene rings is 1. The van der Waals surface area contributed by atoms with Gasteiger partial charge < -0.3 is 9.47 Å². The molecule has 0 aromatic heterocycles. The predicted molar refractivity (Wildman–Crippen MR) is 109 cm³/mol. The topological polar surface area (TPSA) is 59.1 Å². The molecule has 2 aliphatic heterocycles. The molecule has 0 aliphatic carbocycles. The first-order valence-corrected chi connectivity index (χ1v) is 12.2. The normalized spacial score (nSPS) is 23.1. The summed E-state index contributed by atoms with van der Waals surface area (Å²) in [6.07, 6.45) is 0.888. The Hall–Kier alpha value is -0.800. The molecule has 0 radical (unpaired) electrons. The lowest BCUT2D eigenvalue weighted by Gasteiger charge is -2.35.